The number of ketones is 1. The number of Topliss-reactive ketones (excluding diaryl/α,β-unsaturated/α-hetero) is 1. The van der Waals surface area contributed by atoms with E-state index in [1.165, 1.54) is 19.7 Å². The highest BCUT2D eigenvalue weighted by atomic mass is 16.5. The molecule has 1 fully saturated rings. The lowest BCUT2D eigenvalue weighted by molar-refractivity contribution is -0.135. The summed E-state index contributed by atoms with van der Waals surface area (Å²) >= 11 is 0. The molecule has 8 heteroatoms. The monoisotopic (exact) mass is 477 g/mol. The van der Waals surface area contributed by atoms with Crippen LogP contribution in [0.2, 0.25) is 0 Å². The largest absolute Gasteiger partial charge is 0.388 e. The van der Waals surface area contributed by atoms with Gasteiger partial charge in [0.15, 0.2) is 11.8 Å². The van der Waals surface area contributed by atoms with Crippen LogP contribution in [0, 0.1) is 11.8 Å². The molecule has 0 spiro atoms. The standard InChI is InChI=1S/C27H31N3O5/c1-28-26(33)25(24(32)19-31)29(2)27(34)23-11-9-21(10-12-23)4-3-20-5-7-22(8-6-20)13-14-30-15-17-35-18-16-30/h5-12,25,31H,13-19H2,1-2H3,(H,28,33). The highest BCUT2D eigenvalue weighted by molar-refractivity contribution is 6.10. The summed E-state index contributed by atoms with van der Waals surface area (Å²) in [5, 5.41) is 11.5. The molecule has 0 aromatic heterocycles. The second kappa shape index (κ2) is 12.8. The van der Waals surface area contributed by atoms with Crippen LogP contribution in [0.15, 0.2) is 48.5 Å². The van der Waals surface area contributed by atoms with Gasteiger partial charge in [0.1, 0.15) is 6.61 Å². The first-order chi connectivity index (χ1) is 16.9. The van der Waals surface area contributed by atoms with Gasteiger partial charge >= 0.3 is 0 Å². The average molecular weight is 478 g/mol. The predicted molar refractivity (Wildman–Crippen MR) is 132 cm³/mol. The van der Waals surface area contributed by atoms with Crippen LogP contribution in [0.25, 0.3) is 0 Å². The number of nitrogens with zero attached hydrogens (tertiary/aromatic N) is 2. The summed E-state index contributed by atoms with van der Waals surface area (Å²) in [4.78, 5) is 40.2. The second-order valence-corrected chi connectivity index (χ2v) is 8.29. The first kappa shape index (κ1) is 26.1. The third kappa shape index (κ3) is 7.23. The maximum atomic E-state index is 12.8. The van der Waals surface area contributed by atoms with E-state index in [1.54, 1.807) is 24.3 Å². The van der Waals surface area contributed by atoms with Crippen LogP contribution in [0.4, 0.5) is 0 Å². The first-order valence-electron chi connectivity index (χ1n) is 11.6. The number of morpholine rings is 1. The van der Waals surface area contributed by atoms with E-state index in [-0.39, 0.29) is 0 Å². The van der Waals surface area contributed by atoms with E-state index in [2.05, 4.69) is 34.2 Å². The highest BCUT2D eigenvalue weighted by Crippen LogP contribution is 2.11. The molecule has 3 rings (SSSR count). The van der Waals surface area contributed by atoms with Gasteiger partial charge in [0, 0.05) is 50.4 Å². The van der Waals surface area contributed by atoms with Crippen LogP contribution in [0.3, 0.4) is 0 Å². The van der Waals surface area contributed by atoms with Gasteiger partial charge in [-0.2, -0.15) is 0 Å². The lowest BCUT2D eigenvalue weighted by Crippen LogP contribution is -2.52. The number of nitrogens with one attached hydrogen (secondary N) is 1. The van der Waals surface area contributed by atoms with Crippen molar-refractivity contribution in [2.24, 2.45) is 0 Å². The zero-order chi connectivity index (χ0) is 25.2. The quantitative estimate of drug-likeness (QED) is 0.429. The van der Waals surface area contributed by atoms with Crippen molar-refractivity contribution in [3.8, 4) is 11.8 Å². The van der Waals surface area contributed by atoms with Crippen molar-refractivity contribution in [1.29, 1.82) is 0 Å². The summed E-state index contributed by atoms with van der Waals surface area (Å²) in [5.41, 5.74) is 3.21. The fourth-order valence-electron chi connectivity index (χ4n) is 3.79. The summed E-state index contributed by atoms with van der Waals surface area (Å²) in [6.45, 7) is 3.77. The number of carbonyl (C=O) groups excluding carboxylic acids is 3. The Hall–Kier alpha value is -3.51. The summed E-state index contributed by atoms with van der Waals surface area (Å²) < 4.78 is 5.38. The molecule has 2 amide bonds. The van der Waals surface area contributed by atoms with Crippen LogP contribution in [0.5, 0.6) is 0 Å². The van der Waals surface area contributed by atoms with Gasteiger partial charge < -0.3 is 20.1 Å². The number of hydrogen-bond donors (Lipinski definition) is 2. The molecule has 0 radical (unpaired) electrons. The van der Waals surface area contributed by atoms with Crippen LogP contribution in [-0.2, 0) is 20.7 Å². The lowest BCUT2D eigenvalue weighted by atomic mass is 10.1. The maximum absolute atomic E-state index is 12.8. The number of aliphatic hydroxyl groups is 1. The number of aliphatic hydroxyl groups excluding tert-OH is 1. The van der Waals surface area contributed by atoms with Crippen molar-refractivity contribution < 1.29 is 24.2 Å². The fraction of sp³-hybridized carbons (Fsp3) is 0.370. The second-order valence-electron chi connectivity index (χ2n) is 8.29. The molecule has 1 aliphatic heterocycles. The Bertz CT molecular complexity index is 1060. The molecule has 1 heterocycles. The maximum Gasteiger partial charge on any atom is 0.254 e. The van der Waals surface area contributed by atoms with Crippen molar-refractivity contribution in [1.82, 2.24) is 15.1 Å². The topological polar surface area (TPSA) is 99.2 Å². The number of hydrogen-bond acceptors (Lipinski definition) is 6. The minimum atomic E-state index is -1.39. The van der Waals surface area contributed by atoms with Crippen molar-refractivity contribution in [2.75, 3.05) is 53.6 Å². The Balaban J connectivity index is 1.60. The third-order valence-corrected chi connectivity index (χ3v) is 5.92. The number of benzene rings is 2. The number of likely N-dealkylation sites (N-methyl/N-ethyl adjacent to an activating group) is 2. The Kier molecular flexibility index (Phi) is 9.56. The lowest BCUT2D eigenvalue weighted by Gasteiger charge is -2.26. The highest BCUT2D eigenvalue weighted by Gasteiger charge is 2.32. The molecule has 2 aromatic carbocycles. The fourth-order valence-corrected chi connectivity index (χ4v) is 3.79. The van der Waals surface area contributed by atoms with Crippen LogP contribution < -0.4 is 5.32 Å². The Labute approximate surface area is 205 Å². The zero-order valence-electron chi connectivity index (χ0n) is 20.1. The molecule has 184 valence electrons. The van der Waals surface area contributed by atoms with Crippen LogP contribution in [-0.4, -0.2) is 92.1 Å². The van der Waals surface area contributed by atoms with Gasteiger partial charge in [0.05, 0.1) is 13.2 Å². The molecule has 0 saturated carbocycles. The molecule has 1 atom stereocenters. The number of carbonyl (C=O) groups is 3. The van der Waals surface area contributed by atoms with E-state index in [9.17, 15) is 14.4 Å². The molecule has 8 nitrogen and oxygen atoms in total. The molecular weight excluding hydrogens is 446 g/mol. The van der Waals surface area contributed by atoms with E-state index < -0.39 is 30.2 Å². The van der Waals surface area contributed by atoms with Crippen LogP contribution >= 0.6 is 0 Å². The minimum Gasteiger partial charge on any atom is -0.388 e. The molecule has 2 aromatic rings. The molecule has 35 heavy (non-hydrogen) atoms. The molecule has 0 bridgehead atoms. The normalized spacial score (nSPS) is 14.4. The van der Waals surface area contributed by atoms with Crippen molar-refractivity contribution in [3.05, 3.63) is 70.8 Å². The summed E-state index contributed by atoms with van der Waals surface area (Å²) in [7, 11) is 2.72. The van der Waals surface area contributed by atoms with Gasteiger partial charge in [-0.1, -0.05) is 24.0 Å². The van der Waals surface area contributed by atoms with Gasteiger partial charge in [0.2, 0.25) is 5.91 Å². The molecule has 0 aliphatic carbocycles. The average Bonchev–Trinajstić information content (AvgIpc) is 2.91. The van der Waals surface area contributed by atoms with Crippen molar-refractivity contribution in [3.63, 3.8) is 0 Å². The van der Waals surface area contributed by atoms with Gasteiger partial charge in [-0.25, -0.2) is 0 Å². The van der Waals surface area contributed by atoms with Crippen molar-refractivity contribution >= 4 is 17.6 Å². The Morgan fingerprint density at radius 2 is 1.60 bits per heavy atom. The number of ether oxygens (including phenoxy) is 1. The van der Waals surface area contributed by atoms with Crippen molar-refractivity contribution in [2.45, 2.75) is 12.5 Å². The smallest absolute Gasteiger partial charge is 0.254 e. The van der Waals surface area contributed by atoms with Gasteiger partial charge in [0.25, 0.3) is 5.91 Å². The molecule has 2 N–H and O–H groups in total. The number of amides is 2. The SMILES string of the molecule is CNC(=O)C(C(=O)CO)N(C)C(=O)c1ccc(C#Cc2ccc(CCN3CCOCC3)cc2)cc1. The van der Waals surface area contributed by atoms with Gasteiger partial charge in [-0.3, -0.25) is 19.3 Å². The van der Waals surface area contributed by atoms with E-state index in [1.807, 2.05) is 12.1 Å². The molecule has 1 saturated heterocycles. The minimum absolute atomic E-state index is 0.308. The van der Waals surface area contributed by atoms with E-state index >= 15 is 0 Å². The Morgan fingerprint density at radius 1 is 1.03 bits per heavy atom. The Morgan fingerprint density at radius 3 is 2.14 bits per heavy atom. The first-order valence-corrected chi connectivity index (χ1v) is 11.6. The zero-order valence-corrected chi connectivity index (χ0v) is 20.1. The van der Waals surface area contributed by atoms with E-state index in [4.69, 9.17) is 9.84 Å². The van der Waals surface area contributed by atoms with Gasteiger partial charge in [-0.15, -0.1) is 0 Å². The molecule has 1 unspecified atom stereocenters. The third-order valence-electron chi connectivity index (χ3n) is 5.92. The van der Waals surface area contributed by atoms with Gasteiger partial charge in [-0.05, 0) is 48.4 Å². The summed E-state index contributed by atoms with van der Waals surface area (Å²) in [6.07, 6.45) is 0.988. The molecular formula is C27H31N3O5. The predicted octanol–water partition coefficient (Wildman–Crippen LogP) is 0.709. The number of rotatable bonds is 8. The van der Waals surface area contributed by atoms with Crippen LogP contribution in [0.1, 0.15) is 27.0 Å². The summed E-state index contributed by atoms with van der Waals surface area (Å²) in [6, 6.07) is 13.4. The van der Waals surface area contributed by atoms with E-state index in [0.29, 0.717) is 5.56 Å². The summed E-state index contributed by atoms with van der Waals surface area (Å²) in [5.74, 6) is 4.30. The molecule has 1 aliphatic rings. The van der Waals surface area contributed by atoms with E-state index in [0.717, 1.165) is 55.3 Å².